The van der Waals surface area contributed by atoms with Crippen molar-refractivity contribution in [2.24, 2.45) is 4.99 Å². The topological polar surface area (TPSA) is 39.1 Å². The van der Waals surface area contributed by atoms with E-state index in [4.69, 9.17) is 0 Å². The Kier molecular flexibility index (Phi) is 8.24. The fraction of sp³-hybridized carbons (Fsp3) is 0.824. The standard InChI is InChI=1S/C17H33N3O/c1-5-6-7-8-9-10-11-12-13-20-14-16(21)15(2)18-17(20)19(3)4/h21H,5-14H2,1-4H3. The van der Waals surface area contributed by atoms with Crippen LogP contribution in [0.1, 0.15) is 65.2 Å². The quantitative estimate of drug-likeness (QED) is 0.649. The molecule has 0 saturated heterocycles. The van der Waals surface area contributed by atoms with Gasteiger partial charge in [0.15, 0.2) is 0 Å². The summed E-state index contributed by atoms with van der Waals surface area (Å²) in [6.45, 7) is 5.70. The van der Waals surface area contributed by atoms with E-state index >= 15 is 0 Å². The van der Waals surface area contributed by atoms with E-state index in [2.05, 4.69) is 16.8 Å². The Labute approximate surface area is 130 Å². The molecule has 1 rings (SSSR count). The molecule has 0 bridgehead atoms. The molecule has 0 unspecified atom stereocenters. The highest BCUT2D eigenvalue weighted by atomic mass is 16.3. The summed E-state index contributed by atoms with van der Waals surface area (Å²) < 4.78 is 0. The van der Waals surface area contributed by atoms with Gasteiger partial charge in [-0.3, -0.25) is 0 Å². The van der Waals surface area contributed by atoms with E-state index in [0.29, 0.717) is 12.3 Å². The summed E-state index contributed by atoms with van der Waals surface area (Å²) in [5.74, 6) is 1.37. The molecule has 1 heterocycles. The second-order valence-electron chi connectivity index (χ2n) is 6.23. The van der Waals surface area contributed by atoms with Gasteiger partial charge in [-0.25, -0.2) is 4.99 Å². The van der Waals surface area contributed by atoms with Crippen LogP contribution >= 0.6 is 0 Å². The van der Waals surface area contributed by atoms with Crippen molar-refractivity contribution < 1.29 is 5.11 Å². The molecule has 21 heavy (non-hydrogen) atoms. The minimum atomic E-state index is 0.403. The second-order valence-corrected chi connectivity index (χ2v) is 6.23. The molecule has 1 aliphatic heterocycles. The summed E-state index contributed by atoms with van der Waals surface area (Å²) >= 11 is 0. The first-order valence-electron chi connectivity index (χ1n) is 8.46. The molecule has 0 saturated carbocycles. The number of nitrogens with zero attached hydrogens (tertiary/aromatic N) is 3. The van der Waals surface area contributed by atoms with Crippen LogP contribution in [-0.2, 0) is 0 Å². The molecule has 1 N–H and O–H groups in total. The smallest absolute Gasteiger partial charge is 0.201 e. The fourth-order valence-electron chi connectivity index (χ4n) is 2.65. The van der Waals surface area contributed by atoms with Gasteiger partial charge in [-0.2, -0.15) is 0 Å². The Morgan fingerprint density at radius 1 is 1.05 bits per heavy atom. The molecule has 0 amide bonds. The molecule has 0 radical (unpaired) electrons. The first-order valence-corrected chi connectivity index (χ1v) is 8.46. The summed E-state index contributed by atoms with van der Waals surface area (Å²) in [6.07, 6.45) is 10.6. The maximum Gasteiger partial charge on any atom is 0.201 e. The minimum Gasteiger partial charge on any atom is -0.509 e. The Balaban J connectivity index is 2.24. The van der Waals surface area contributed by atoms with Gasteiger partial charge in [0.25, 0.3) is 0 Å². The van der Waals surface area contributed by atoms with Gasteiger partial charge in [0, 0.05) is 20.6 Å². The lowest BCUT2D eigenvalue weighted by molar-refractivity contribution is 0.292. The van der Waals surface area contributed by atoms with Gasteiger partial charge in [0.1, 0.15) is 5.76 Å². The van der Waals surface area contributed by atoms with Crippen LogP contribution in [0.5, 0.6) is 0 Å². The third-order valence-corrected chi connectivity index (χ3v) is 3.99. The summed E-state index contributed by atoms with van der Waals surface area (Å²) in [6, 6.07) is 0. The Morgan fingerprint density at radius 2 is 1.62 bits per heavy atom. The normalized spacial score (nSPS) is 15.4. The Hall–Kier alpha value is -1.19. The highest BCUT2D eigenvalue weighted by Gasteiger charge is 2.20. The van der Waals surface area contributed by atoms with Gasteiger partial charge in [0.05, 0.1) is 12.2 Å². The van der Waals surface area contributed by atoms with Crippen LogP contribution in [0.2, 0.25) is 0 Å². The molecule has 4 heteroatoms. The molecule has 0 aromatic rings. The van der Waals surface area contributed by atoms with Crippen molar-refractivity contribution in [2.75, 3.05) is 27.2 Å². The molecule has 4 nitrogen and oxygen atoms in total. The molecule has 0 atom stereocenters. The fourth-order valence-corrected chi connectivity index (χ4v) is 2.65. The van der Waals surface area contributed by atoms with E-state index in [1.54, 1.807) is 0 Å². The van der Waals surface area contributed by atoms with Gasteiger partial charge in [-0.1, -0.05) is 51.9 Å². The van der Waals surface area contributed by atoms with E-state index in [1.807, 2.05) is 25.9 Å². The zero-order chi connectivity index (χ0) is 15.7. The van der Waals surface area contributed by atoms with Crippen LogP contribution in [0, 0.1) is 0 Å². The van der Waals surface area contributed by atoms with Gasteiger partial charge < -0.3 is 14.9 Å². The van der Waals surface area contributed by atoms with E-state index in [9.17, 15) is 5.11 Å². The first-order chi connectivity index (χ1) is 10.1. The number of aliphatic imine (C=N–C) groups is 1. The van der Waals surface area contributed by atoms with Crippen LogP contribution in [-0.4, -0.2) is 48.1 Å². The Morgan fingerprint density at radius 3 is 2.19 bits per heavy atom. The van der Waals surface area contributed by atoms with Gasteiger partial charge in [0.2, 0.25) is 5.96 Å². The molecule has 0 fully saturated rings. The van der Waals surface area contributed by atoms with Gasteiger partial charge in [-0.15, -0.1) is 0 Å². The monoisotopic (exact) mass is 295 g/mol. The molecular weight excluding hydrogens is 262 g/mol. The highest BCUT2D eigenvalue weighted by molar-refractivity contribution is 5.81. The number of aliphatic hydroxyl groups is 1. The van der Waals surface area contributed by atoms with Crippen molar-refractivity contribution in [1.82, 2.24) is 9.80 Å². The van der Waals surface area contributed by atoms with Crippen molar-refractivity contribution in [2.45, 2.75) is 65.2 Å². The lowest BCUT2D eigenvalue weighted by Crippen LogP contribution is -2.44. The average molecular weight is 295 g/mol. The lowest BCUT2D eigenvalue weighted by atomic mass is 10.1. The maximum absolute atomic E-state index is 9.88. The maximum atomic E-state index is 9.88. The van der Waals surface area contributed by atoms with E-state index < -0.39 is 0 Å². The SMILES string of the molecule is CCCCCCCCCCN1CC(O)=C(C)N=C1N(C)C. The molecular formula is C17H33N3O. The molecule has 0 spiro atoms. The third-order valence-electron chi connectivity index (χ3n) is 3.99. The van der Waals surface area contributed by atoms with E-state index in [0.717, 1.165) is 18.2 Å². The van der Waals surface area contributed by atoms with Gasteiger partial charge in [-0.05, 0) is 13.3 Å². The second kappa shape index (κ2) is 9.69. The number of unbranched alkanes of at least 4 members (excludes halogenated alkanes) is 7. The summed E-state index contributed by atoms with van der Waals surface area (Å²) in [4.78, 5) is 8.70. The molecule has 0 aromatic carbocycles. The zero-order valence-corrected chi connectivity index (χ0v) is 14.4. The molecule has 1 aliphatic rings. The predicted molar refractivity (Wildman–Crippen MR) is 90.6 cm³/mol. The van der Waals surface area contributed by atoms with Crippen molar-refractivity contribution in [3.63, 3.8) is 0 Å². The summed E-state index contributed by atoms with van der Waals surface area (Å²) in [5.41, 5.74) is 0.742. The number of hydrogen-bond acceptors (Lipinski definition) is 4. The lowest BCUT2D eigenvalue weighted by Gasteiger charge is -2.32. The number of allylic oxidation sites excluding steroid dienone is 1. The average Bonchev–Trinajstić information content (AvgIpc) is 2.44. The van der Waals surface area contributed by atoms with Crippen LogP contribution in [0.15, 0.2) is 16.4 Å². The number of aliphatic hydroxyl groups excluding tert-OH is 1. The molecule has 0 aromatic heterocycles. The molecule has 122 valence electrons. The van der Waals surface area contributed by atoms with Crippen molar-refractivity contribution in [3.8, 4) is 0 Å². The number of hydrogen-bond donors (Lipinski definition) is 1. The first kappa shape index (κ1) is 17.9. The molecule has 0 aliphatic carbocycles. The Bertz CT molecular complexity index is 361. The minimum absolute atomic E-state index is 0.403. The highest BCUT2D eigenvalue weighted by Crippen LogP contribution is 2.16. The van der Waals surface area contributed by atoms with Crippen molar-refractivity contribution in [1.29, 1.82) is 0 Å². The third kappa shape index (κ3) is 6.40. The van der Waals surface area contributed by atoms with Crippen LogP contribution in [0.25, 0.3) is 0 Å². The van der Waals surface area contributed by atoms with Crippen LogP contribution < -0.4 is 0 Å². The van der Waals surface area contributed by atoms with E-state index in [-0.39, 0.29) is 0 Å². The van der Waals surface area contributed by atoms with Crippen LogP contribution in [0.4, 0.5) is 0 Å². The number of guanidine groups is 1. The van der Waals surface area contributed by atoms with Crippen LogP contribution in [0.3, 0.4) is 0 Å². The van der Waals surface area contributed by atoms with E-state index in [1.165, 1.54) is 51.4 Å². The summed E-state index contributed by atoms with van der Waals surface area (Å²) in [5, 5.41) is 9.88. The van der Waals surface area contributed by atoms with Crippen molar-refractivity contribution >= 4 is 5.96 Å². The van der Waals surface area contributed by atoms with Crippen molar-refractivity contribution in [3.05, 3.63) is 11.5 Å². The largest absolute Gasteiger partial charge is 0.509 e. The van der Waals surface area contributed by atoms with Gasteiger partial charge >= 0.3 is 0 Å². The predicted octanol–water partition coefficient (Wildman–Crippen LogP) is 4.15. The zero-order valence-electron chi connectivity index (χ0n) is 14.4. The number of rotatable bonds is 9. The summed E-state index contributed by atoms with van der Waals surface area (Å²) in [7, 11) is 4.02.